The molecular formula is CH4INO2S2. The Morgan fingerprint density at radius 3 is 2.00 bits per heavy atom. The fraction of sp³-hybridized carbons (Fsp3) is 1.00. The molecule has 0 aliphatic rings. The summed E-state index contributed by atoms with van der Waals surface area (Å²) in [6, 6.07) is 0. The Bertz CT molecular complexity index is 91.9. The average Bonchev–Trinajstić information content (AvgIpc) is 1.27. The van der Waals surface area contributed by atoms with E-state index in [0.717, 1.165) is 0 Å². The van der Waals surface area contributed by atoms with Crippen molar-refractivity contribution in [2.45, 2.75) is 0 Å². The summed E-state index contributed by atoms with van der Waals surface area (Å²) in [6.07, 6.45) is 1.43. The molecule has 0 heterocycles. The van der Waals surface area contributed by atoms with Gasteiger partial charge in [0.1, 0.15) is 11.0 Å². The molecule has 0 amide bonds. The first kappa shape index (κ1) is 7.99. The fourth-order valence-electron chi connectivity index (χ4n) is 0.0923. The maximum absolute atomic E-state index is 10.1. The van der Waals surface area contributed by atoms with E-state index in [4.69, 9.17) is 0 Å². The smallest absolute Gasteiger partial charge is 0.167 e. The zero-order chi connectivity index (χ0) is 5.86. The van der Waals surface area contributed by atoms with Crippen molar-refractivity contribution in [2.75, 3.05) is 6.26 Å². The first-order valence-corrected chi connectivity index (χ1v) is 6.55. The molecule has 0 aliphatic carbocycles. The van der Waals surface area contributed by atoms with Crippen molar-refractivity contribution in [3.8, 4) is 0 Å². The predicted molar refractivity (Wildman–Crippen MR) is 39.4 cm³/mol. The second-order valence-electron chi connectivity index (χ2n) is 0.761. The van der Waals surface area contributed by atoms with E-state index in [1.807, 2.05) is 0 Å². The lowest BCUT2D eigenvalue weighted by molar-refractivity contribution is 0.679. The Kier molecular flexibility index (Phi) is 4.48. The molecule has 0 aromatic rings. The van der Waals surface area contributed by atoms with E-state index in [1.165, 1.54) is 6.26 Å². The van der Waals surface area contributed by atoms with Gasteiger partial charge < -0.3 is 0 Å². The highest BCUT2D eigenvalue weighted by atomic mass is 127. The Morgan fingerprint density at radius 1 is 1.57 bits per heavy atom. The number of hydrogen-bond donors (Lipinski definition) is 1. The highest BCUT2D eigenvalue weighted by molar-refractivity contribution is 14.2. The van der Waals surface area contributed by atoms with Crippen LogP contribution in [0.3, 0.4) is 0 Å². The Morgan fingerprint density at radius 2 is 2.00 bits per heavy atom. The van der Waals surface area contributed by atoms with Crippen molar-refractivity contribution < 1.29 is 8.42 Å². The Hall–Kier alpha value is 0.990. The zero-order valence-corrected chi connectivity index (χ0v) is 7.30. The molecular weight excluding hydrogens is 249 g/mol. The summed E-state index contributed by atoms with van der Waals surface area (Å²) < 4.78 is 22.3. The van der Waals surface area contributed by atoms with E-state index in [0.29, 0.717) is 0 Å². The van der Waals surface area contributed by atoms with E-state index in [2.05, 4.69) is 4.13 Å². The van der Waals surface area contributed by atoms with Gasteiger partial charge in [0.2, 0.25) is 0 Å². The summed E-state index contributed by atoms with van der Waals surface area (Å²) in [4.78, 5) is 0. The van der Waals surface area contributed by atoms with Crippen LogP contribution in [-0.2, 0) is 19.1 Å². The largest absolute Gasteiger partial charge is 0.242 e. The molecule has 44 valence electrons. The van der Waals surface area contributed by atoms with Gasteiger partial charge in [-0.2, -0.15) is 0 Å². The number of hydrogen-bond acceptors (Lipinski definition) is 2. The lowest BCUT2D eigenvalue weighted by Crippen LogP contribution is -2.12. The molecule has 0 saturated carbocycles. The van der Waals surface area contributed by atoms with Crippen LogP contribution in [0.25, 0.3) is 0 Å². The van der Waals surface area contributed by atoms with Gasteiger partial charge in [-0.1, -0.05) is 0 Å². The monoisotopic (exact) mass is 253 g/mol. The van der Waals surface area contributed by atoms with Crippen molar-refractivity contribution in [3.63, 3.8) is 0 Å². The second-order valence-corrected chi connectivity index (χ2v) is 5.18. The van der Waals surface area contributed by atoms with Gasteiger partial charge in [-0.05, 0) is 0 Å². The first-order valence-electron chi connectivity index (χ1n) is 1.30. The van der Waals surface area contributed by atoms with Gasteiger partial charge >= 0.3 is 0 Å². The summed E-state index contributed by atoms with van der Waals surface area (Å²) >= 11 is 1.63. The van der Waals surface area contributed by atoms with Crippen LogP contribution in [0, 0.1) is 0 Å². The van der Waals surface area contributed by atoms with Crippen LogP contribution >= 0.6 is 21.2 Å². The number of nitrogens with one attached hydrogen (secondary N) is 1. The van der Waals surface area contributed by atoms with Gasteiger partial charge in [0, 0.05) is 6.26 Å². The van der Waals surface area contributed by atoms with Crippen LogP contribution < -0.4 is 4.13 Å². The van der Waals surface area contributed by atoms with Crippen LogP contribution in [0.4, 0.5) is 0 Å². The molecule has 0 radical (unpaired) electrons. The quantitative estimate of drug-likeness (QED) is 0.551. The molecule has 0 bridgehead atoms. The maximum atomic E-state index is 10.1. The molecule has 0 saturated heterocycles. The van der Waals surface area contributed by atoms with Gasteiger partial charge in [-0.25, -0.2) is 8.42 Å². The minimum absolute atomic E-state index is 1.15. The molecule has 0 spiro atoms. The Labute approximate surface area is 59.0 Å². The van der Waals surface area contributed by atoms with E-state index in [1.54, 1.807) is 21.2 Å². The SMILES string of the molecule is CS(=O)NS(=O)I. The zero-order valence-electron chi connectivity index (χ0n) is 3.51. The maximum Gasteiger partial charge on any atom is 0.167 e. The van der Waals surface area contributed by atoms with E-state index in [-0.39, 0.29) is 0 Å². The standard InChI is InChI=1S/CH4INO2S2/c1-6(4)3-7(2)5/h3H,1H3. The van der Waals surface area contributed by atoms with Crippen LogP contribution in [0.5, 0.6) is 0 Å². The summed E-state index contributed by atoms with van der Waals surface area (Å²) in [6.45, 7) is 0. The summed E-state index contributed by atoms with van der Waals surface area (Å²) in [5, 5.41) is 0. The molecule has 6 heteroatoms. The van der Waals surface area contributed by atoms with Crippen LogP contribution in [0.15, 0.2) is 0 Å². The lowest BCUT2D eigenvalue weighted by Gasteiger charge is -1.86. The predicted octanol–water partition coefficient (Wildman–Crippen LogP) is -0.117. The van der Waals surface area contributed by atoms with Gasteiger partial charge in [0.15, 0.2) is 8.16 Å². The van der Waals surface area contributed by atoms with Crippen molar-refractivity contribution in [2.24, 2.45) is 0 Å². The minimum atomic E-state index is -1.18. The molecule has 2 unspecified atom stereocenters. The topological polar surface area (TPSA) is 46.2 Å². The first-order chi connectivity index (χ1) is 3.13. The van der Waals surface area contributed by atoms with E-state index < -0.39 is 19.1 Å². The Balaban J connectivity index is 3.32. The van der Waals surface area contributed by atoms with Gasteiger partial charge in [-0.3, -0.25) is 0 Å². The van der Waals surface area contributed by atoms with Crippen LogP contribution in [0.2, 0.25) is 0 Å². The van der Waals surface area contributed by atoms with Crippen molar-refractivity contribution >= 4 is 40.3 Å². The molecule has 0 rings (SSSR count). The highest BCUT2D eigenvalue weighted by Crippen LogP contribution is 1.86. The van der Waals surface area contributed by atoms with Crippen LogP contribution in [-0.4, -0.2) is 14.7 Å². The normalized spacial score (nSPS) is 18.6. The fourth-order valence-corrected chi connectivity index (χ4v) is 3.11. The van der Waals surface area contributed by atoms with Crippen molar-refractivity contribution in [1.29, 1.82) is 0 Å². The summed E-state index contributed by atoms with van der Waals surface area (Å²) in [5.74, 6) is 0. The molecule has 3 nitrogen and oxygen atoms in total. The molecule has 0 aromatic heterocycles. The van der Waals surface area contributed by atoms with Gasteiger partial charge in [0.25, 0.3) is 0 Å². The second kappa shape index (κ2) is 3.93. The van der Waals surface area contributed by atoms with Crippen molar-refractivity contribution in [1.82, 2.24) is 4.13 Å². The third kappa shape index (κ3) is 6.99. The third-order valence-corrected chi connectivity index (χ3v) is 3.26. The number of rotatable bonds is 2. The molecule has 7 heavy (non-hydrogen) atoms. The summed E-state index contributed by atoms with van der Waals surface area (Å²) in [5.41, 5.74) is 0. The molecule has 0 aliphatic heterocycles. The number of halogens is 1. The van der Waals surface area contributed by atoms with E-state index in [9.17, 15) is 8.42 Å². The third-order valence-electron chi connectivity index (χ3n) is 0.183. The highest BCUT2D eigenvalue weighted by Gasteiger charge is 1.89. The average molecular weight is 253 g/mol. The summed E-state index contributed by atoms with van der Waals surface area (Å²) in [7, 11) is -2.33. The molecule has 1 N–H and O–H groups in total. The molecule has 2 atom stereocenters. The van der Waals surface area contributed by atoms with E-state index >= 15 is 0 Å². The lowest BCUT2D eigenvalue weighted by atomic mass is 12.0. The van der Waals surface area contributed by atoms with Gasteiger partial charge in [-0.15, -0.1) is 4.13 Å². The molecule has 0 aromatic carbocycles. The minimum Gasteiger partial charge on any atom is -0.242 e. The molecule has 0 fully saturated rings. The van der Waals surface area contributed by atoms with Crippen molar-refractivity contribution in [3.05, 3.63) is 0 Å². The van der Waals surface area contributed by atoms with Crippen LogP contribution in [0.1, 0.15) is 0 Å². The van der Waals surface area contributed by atoms with Gasteiger partial charge in [0.05, 0.1) is 21.2 Å².